The van der Waals surface area contributed by atoms with Crippen LogP contribution in [0, 0.1) is 10.8 Å². The summed E-state index contributed by atoms with van der Waals surface area (Å²) >= 11 is 0. The molecule has 33 heavy (non-hydrogen) atoms. The molecule has 0 radical (unpaired) electrons. The molecule has 2 aliphatic carbocycles. The second-order valence-electron chi connectivity index (χ2n) is 10.0. The molecule has 8 unspecified atom stereocenters. The zero-order valence-corrected chi connectivity index (χ0v) is 19.7. The van der Waals surface area contributed by atoms with E-state index in [9.17, 15) is 19.8 Å². The summed E-state index contributed by atoms with van der Waals surface area (Å²) in [5, 5.41) is 18.9. The Balaban J connectivity index is 1.59. The van der Waals surface area contributed by atoms with Gasteiger partial charge in [-0.3, -0.25) is 4.79 Å². The molecule has 2 saturated heterocycles. The zero-order valence-electron chi connectivity index (χ0n) is 19.7. The van der Waals surface area contributed by atoms with Crippen LogP contribution in [0.4, 0.5) is 0 Å². The molecule has 0 aromatic rings. The summed E-state index contributed by atoms with van der Waals surface area (Å²) < 4.78 is 24.1. The van der Waals surface area contributed by atoms with Crippen LogP contribution in [-0.4, -0.2) is 71.5 Å². The predicted octanol–water partition coefficient (Wildman–Crippen LogP) is 1.99. The first-order chi connectivity index (χ1) is 15.6. The van der Waals surface area contributed by atoms with Crippen molar-refractivity contribution in [1.82, 2.24) is 0 Å². The van der Waals surface area contributed by atoms with E-state index in [4.69, 9.17) is 18.9 Å². The van der Waals surface area contributed by atoms with Crippen molar-refractivity contribution in [3.63, 3.8) is 0 Å². The van der Waals surface area contributed by atoms with Gasteiger partial charge in [0.1, 0.15) is 18.3 Å². The van der Waals surface area contributed by atoms with Gasteiger partial charge in [0.15, 0.2) is 0 Å². The molecule has 8 nitrogen and oxygen atoms in total. The summed E-state index contributed by atoms with van der Waals surface area (Å²) in [6, 6.07) is 0. The highest BCUT2D eigenvalue weighted by molar-refractivity contribution is 5.82. The molecular formula is C25H34O8. The van der Waals surface area contributed by atoms with Crippen LogP contribution in [-0.2, 0) is 28.5 Å². The van der Waals surface area contributed by atoms with Gasteiger partial charge < -0.3 is 29.2 Å². The van der Waals surface area contributed by atoms with Crippen molar-refractivity contribution in [2.24, 2.45) is 10.8 Å². The smallest absolute Gasteiger partial charge is 0.331 e. The predicted molar refractivity (Wildman–Crippen MR) is 118 cm³/mol. The summed E-state index contributed by atoms with van der Waals surface area (Å²) in [6.07, 6.45) is 7.04. The maximum absolute atomic E-state index is 12.7. The molecule has 8 heteroatoms. The number of allylic oxidation sites excluding steroid dienone is 3. The number of fused-ring (bicyclic) bond motifs is 2. The Bertz CT molecular complexity index is 885. The number of carbonyl (C=O) groups excluding carboxylic acids is 2. The van der Waals surface area contributed by atoms with Crippen molar-refractivity contribution < 1.29 is 38.7 Å². The molecule has 1 saturated carbocycles. The molecule has 4 aliphatic rings. The number of aliphatic hydroxyl groups is 2. The third-order valence-electron chi connectivity index (χ3n) is 8.16. The third kappa shape index (κ3) is 3.87. The number of ether oxygens (including phenoxy) is 4. The van der Waals surface area contributed by atoms with Crippen LogP contribution in [0.2, 0.25) is 0 Å². The minimum Gasteiger partial charge on any atom is -0.465 e. The van der Waals surface area contributed by atoms with E-state index in [2.05, 4.69) is 19.9 Å². The Morgan fingerprint density at radius 3 is 2.70 bits per heavy atom. The monoisotopic (exact) mass is 462 g/mol. The van der Waals surface area contributed by atoms with Gasteiger partial charge >= 0.3 is 11.9 Å². The number of aliphatic hydroxyl groups excluding tert-OH is 2. The molecule has 2 aliphatic heterocycles. The van der Waals surface area contributed by atoms with Gasteiger partial charge in [-0.15, -0.1) is 0 Å². The molecular weight excluding hydrogens is 428 g/mol. The lowest BCUT2D eigenvalue weighted by atomic mass is 9.51. The van der Waals surface area contributed by atoms with Crippen molar-refractivity contribution in [3.8, 4) is 0 Å². The summed E-state index contributed by atoms with van der Waals surface area (Å²) in [6.45, 7) is 7.74. The fourth-order valence-corrected chi connectivity index (χ4v) is 6.02. The summed E-state index contributed by atoms with van der Waals surface area (Å²) in [5.74, 6) is -0.867. The molecule has 2 bridgehead atoms. The largest absolute Gasteiger partial charge is 0.465 e. The van der Waals surface area contributed by atoms with E-state index in [1.165, 1.54) is 43.7 Å². The molecule has 3 fully saturated rings. The minimum atomic E-state index is -1.01. The van der Waals surface area contributed by atoms with Crippen LogP contribution in [0.25, 0.3) is 0 Å². The first-order valence-electron chi connectivity index (χ1n) is 11.6. The zero-order chi connectivity index (χ0) is 24.0. The number of esters is 2. The SMILES string of the molecule is CC(=O)OCC12CCC(C)=CC1OC1CC(OC(=O)C=CC=CC(O)C(C)O)C2(C)C12CO2. The van der Waals surface area contributed by atoms with Crippen LogP contribution >= 0.6 is 0 Å². The van der Waals surface area contributed by atoms with Gasteiger partial charge in [-0.05, 0) is 26.7 Å². The lowest BCUT2D eigenvalue weighted by Gasteiger charge is -2.58. The van der Waals surface area contributed by atoms with Gasteiger partial charge in [-0.25, -0.2) is 4.79 Å². The molecule has 2 heterocycles. The Kier molecular flexibility index (Phi) is 6.33. The van der Waals surface area contributed by atoms with Gasteiger partial charge in [0.25, 0.3) is 0 Å². The summed E-state index contributed by atoms with van der Waals surface area (Å²) in [5.41, 5.74) is -0.491. The average molecular weight is 463 g/mol. The van der Waals surface area contributed by atoms with Crippen molar-refractivity contribution in [2.75, 3.05) is 13.2 Å². The summed E-state index contributed by atoms with van der Waals surface area (Å²) in [4.78, 5) is 24.4. The highest BCUT2D eigenvalue weighted by Crippen LogP contribution is 2.72. The van der Waals surface area contributed by atoms with E-state index >= 15 is 0 Å². The quantitative estimate of drug-likeness (QED) is 0.194. The van der Waals surface area contributed by atoms with Crippen LogP contribution in [0.1, 0.15) is 47.0 Å². The van der Waals surface area contributed by atoms with E-state index in [0.29, 0.717) is 13.0 Å². The standard InChI is InChI=1S/C25H34O8/c1-15-9-10-24(13-30-17(3)27)20(11-15)32-21-12-19(23(24,4)25(21)14-31-25)33-22(29)8-6-5-7-18(28)16(2)26/h5-8,11,16,18-21,26,28H,9-10,12-14H2,1-4H3. The molecule has 2 N–H and O–H groups in total. The fraction of sp³-hybridized carbons (Fsp3) is 0.680. The van der Waals surface area contributed by atoms with E-state index < -0.39 is 40.7 Å². The average Bonchev–Trinajstić information content (AvgIpc) is 3.53. The lowest BCUT2D eigenvalue weighted by Crippen LogP contribution is -2.66. The number of carbonyl (C=O) groups is 2. The number of hydrogen-bond acceptors (Lipinski definition) is 8. The van der Waals surface area contributed by atoms with Gasteiger partial charge in [0.2, 0.25) is 0 Å². The third-order valence-corrected chi connectivity index (χ3v) is 8.16. The van der Waals surface area contributed by atoms with Crippen molar-refractivity contribution in [2.45, 2.75) is 83.1 Å². The number of rotatable bonds is 7. The topological polar surface area (TPSA) is 115 Å². The highest BCUT2D eigenvalue weighted by atomic mass is 16.6. The van der Waals surface area contributed by atoms with Crippen LogP contribution in [0.15, 0.2) is 36.0 Å². The van der Waals surface area contributed by atoms with Crippen molar-refractivity contribution >= 4 is 11.9 Å². The molecule has 0 amide bonds. The van der Waals surface area contributed by atoms with E-state index in [-0.39, 0.29) is 24.8 Å². The van der Waals surface area contributed by atoms with Gasteiger partial charge in [0, 0.05) is 24.8 Å². The Morgan fingerprint density at radius 1 is 1.33 bits per heavy atom. The van der Waals surface area contributed by atoms with E-state index in [1.807, 2.05) is 0 Å². The molecule has 8 atom stereocenters. The Labute approximate surface area is 194 Å². The van der Waals surface area contributed by atoms with Crippen LogP contribution in [0.5, 0.6) is 0 Å². The van der Waals surface area contributed by atoms with Gasteiger partial charge in [-0.1, -0.05) is 36.8 Å². The second-order valence-corrected chi connectivity index (χ2v) is 10.0. The highest BCUT2D eigenvalue weighted by Gasteiger charge is 2.83. The molecule has 0 aromatic heterocycles. The Morgan fingerprint density at radius 2 is 2.06 bits per heavy atom. The van der Waals surface area contributed by atoms with E-state index in [0.717, 1.165) is 12.8 Å². The molecule has 4 rings (SSSR count). The fourth-order valence-electron chi connectivity index (χ4n) is 6.02. The molecule has 1 spiro atoms. The maximum atomic E-state index is 12.7. The first-order valence-corrected chi connectivity index (χ1v) is 11.6. The molecule has 182 valence electrons. The van der Waals surface area contributed by atoms with Crippen LogP contribution < -0.4 is 0 Å². The van der Waals surface area contributed by atoms with Gasteiger partial charge in [-0.2, -0.15) is 0 Å². The van der Waals surface area contributed by atoms with Gasteiger partial charge in [0.05, 0.1) is 36.4 Å². The Hall–Kier alpha value is -2.00. The van der Waals surface area contributed by atoms with Crippen molar-refractivity contribution in [1.29, 1.82) is 0 Å². The lowest BCUT2D eigenvalue weighted by molar-refractivity contribution is -0.232. The van der Waals surface area contributed by atoms with E-state index in [1.54, 1.807) is 0 Å². The number of epoxide rings is 1. The second kappa shape index (κ2) is 8.65. The number of hydrogen-bond donors (Lipinski definition) is 2. The molecule has 0 aromatic carbocycles. The normalized spacial score (nSPS) is 41.0. The minimum absolute atomic E-state index is 0.176. The first kappa shape index (κ1) is 24.1. The maximum Gasteiger partial charge on any atom is 0.331 e. The van der Waals surface area contributed by atoms with Crippen molar-refractivity contribution in [3.05, 3.63) is 36.0 Å². The summed E-state index contributed by atoms with van der Waals surface area (Å²) in [7, 11) is 0. The van der Waals surface area contributed by atoms with Crippen LogP contribution in [0.3, 0.4) is 0 Å².